The Hall–Kier alpha value is -0.570. The maximum absolute atomic E-state index is 12.1. The third-order valence-corrected chi connectivity index (χ3v) is 4.97. The van der Waals surface area contributed by atoms with Crippen LogP contribution >= 0.6 is 0 Å². The number of amides is 1. The van der Waals surface area contributed by atoms with Crippen LogP contribution in [0.4, 0.5) is 0 Å². The summed E-state index contributed by atoms with van der Waals surface area (Å²) in [5.74, 6) is 2.65. The van der Waals surface area contributed by atoms with Gasteiger partial charge in [-0.15, -0.1) is 0 Å². The fraction of sp³-hybridized carbons (Fsp3) is 0.938. The summed E-state index contributed by atoms with van der Waals surface area (Å²) in [6.07, 6.45) is 8.82. The summed E-state index contributed by atoms with van der Waals surface area (Å²) < 4.78 is 0. The summed E-state index contributed by atoms with van der Waals surface area (Å²) in [5.41, 5.74) is 0. The minimum absolute atomic E-state index is 0.0510. The highest BCUT2D eigenvalue weighted by Gasteiger charge is 2.24. The van der Waals surface area contributed by atoms with Crippen LogP contribution in [-0.2, 0) is 4.79 Å². The maximum Gasteiger partial charge on any atom is 0.237 e. The van der Waals surface area contributed by atoms with E-state index >= 15 is 0 Å². The Kier molecular flexibility index (Phi) is 5.68. The summed E-state index contributed by atoms with van der Waals surface area (Å²) in [4.78, 5) is 12.1. The molecular weight excluding hydrogens is 236 g/mol. The topological polar surface area (TPSA) is 41.1 Å². The SMILES string of the molecule is CC1CCC(CCNC(=O)C2CC(C)CCN2)CC1. The number of hydrogen-bond donors (Lipinski definition) is 2. The maximum atomic E-state index is 12.1. The molecular formula is C16H30N2O. The van der Waals surface area contributed by atoms with E-state index in [0.29, 0.717) is 5.92 Å². The van der Waals surface area contributed by atoms with Gasteiger partial charge in [0, 0.05) is 6.54 Å². The van der Waals surface area contributed by atoms with Crippen LogP contribution in [0.15, 0.2) is 0 Å². The average Bonchev–Trinajstić information content (AvgIpc) is 2.41. The van der Waals surface area contributed by atoms with Crippen molar-refractivity contribution < 1.29 is 4.79 Å². The van der Waals surface area contributed by atoms with Gasteiger partial charge in [-0.1, -0.05) is 39.5 Å². The molecule has 1 aliphatic carbocycles. The second-order valence-corrected chi connectivity index (χ2v) is 6.84. The van der Waals surface area contributed by atoms with Crippen molar-refractivity contribution in [1.29, 1.82) is 0 Å². The number of carbonyl (C=O) groups excluding carboxylic acids is 1. The predicted octanol–water partition coefficient (Wildman–Crippen LogP) is 2.71. The lowest BCUT2D eigenvalue weighted by Gasteiger charge is -2.28. The van der Waals surface area contributed by atoms with Crippen LogP contribution in [-0.4, -0.2) is 25.0 Å². The van der Waals surface area contributed by atoms with Crippen LogP contribution in [0.3, 0.4) is 0 Å². The van der Waals surface area contributed by atoms with Gasteiger partial charge < -0.3 is 10.6 Å². The zero-order chi connectivity index (χ0) is 13.7. The minimum Gasteiger partial charge on any atom is -0.355 e. The highest BCUT2D eigenvalue weighted by molar-refractivity contribution is 5.81. The molecule has 2 rings (SSSR count). The monoisotopic (exact) mass is 266 g/mol. The number of hydrogen-bond acceptors (Lipinski definition) is 2. The number of carbonyl (C=O) groups is 1. The van der Waals surface area contributed by atoms with Gasteiger partial charge in [-0.3, -0.25) is 4.79 Å². The molecule has 2 atom stereocenters. The first-order valence-corrected chi connectivity index (χ1v) is 8.16. The molecule has 0 aromatic rings. The molecule has 2 fully saturated rings. The molecule has 3 heteroatoms. The van der Waals surface area contributed by atoms with E-state index in [4.69, 9.17) is 0 Å². The van der Waals surface area contributed by atoms with Gasteiger partial charge in [0.1, 0.15) is 0 Å². The first-order chi connectivity index (χ1) is 9.15. The van der Waals surface area contributed by atoms with Gasteiger partial charge in [0.05, 0.1) is 6.04 Å². The van der Waals surface area contributed by atoms with E-state index in [1.54, 1.807) is 0 Å². The highest BCUT2D eigenvalue weighted by atomic mass is 16.2. The molecule has 110 valence electrons. The number of piperidine rings is 1. The third kappa shape index (κ3) is 4.79. The van der Waals surface area contributed by atoms with Crippen molar-refractivity contribution >= 4 is 5.91 Å². The molecule has 0 aromatic carbocycles. The van der Waals surface area contributed by atoms with Crippen molar-refractivity contribution in [2.75, 3.05) is 13.1 Å². The van der Waals surface area contributed by atoms with Crippen LogP contribution in [0.5, 0.6) is 0 Å². The van der Waals surface area contributed by atoms with Crippen LogP contribution in [0.2, 0.25) is 0 Å². The zero-order valence-corrected chi connectivity index (χ0v) is 12.6. The van der Waals surface area contributed by atoms with E-state index in [2.05, 4.69) is 24.5 Å². The van der Waals surface area contributed by atoms with Gasteiger partial charge in [0.25, 0.3) is 0 Å². The van der Waals surface area contributed by atoms with E-state index in [-0.39, 0.29) is 11.9 Å². The quantitative estimate of drug-likeness (QED) is 0.821. The van der Waals surface area contributed by atoms with Gasteiger partial charge in [0.15, 0.2) is 0 Å². The smallest absolute Gasteiger partial charge is 0.237 e. The van der Waals surface area contributed by atoms with Crippen molar-refractivity contribution in [3.05, 3.63) is 0 Å². The third-order valence-electron chi connectivity index (χ3n) is 4.97. The van der Waals surface area contributed by atoms with Crippen molar-refractivity contribution in [1.82, 2.24) is 10.6 Å². The minimum atomic E-state index is 0.0510. The molecule has 2 N–H and O–H groups in total. The standard InChI is InChI=1S/C16H30N2O/c1-12-3-5-14(6-4-12)8-10-18-16(19)15-11-13(2)7-9-17-15/h12-15,17H,3-11H2,1-2H3,(H,18,19). The Morgan fingerprint density at radius 3 is 2.53 bits per heavy atom. The molecule has 0 spiro atoms. The predicted molar refractivity (Wildman–Crippen MR) is 78.9 cm³/mol. The van der Waals surface area contributed by atoms with Crippen LogP contribution in [0.1, 0.15) is 58.8 Å². The highest BCUT2D eigenvalue weighted by Crippen LogP contribution is 2.29. The van der Waals surface area contributed by atoms with E-state index in [1.165, 1.54) is 38.5 Å². The van der Waals surface area contributed by atoms with Gasteiger partial charge in [-0.25, -0.2) is 0 Å². The first-order valence-electron chi connectivity index (χ1n) is 8.16. The largest absolute Gasteiger partial charge is 0.355 e. The van der Waals surface area contributed by atoms with Crippen molar-refractivity contribution in [3.63, 3.8) is 0 Å². The number of rotatable bonds is 4. The summed E-state index contributed by atoms with van der Waals surface area (Å²) >= 11 is 0. The van der Waals surface area contributed by atoms with Crippen LogP contribution in [0.25, 0.3) is 0 Å². The van der Waals surface area contributed by atoms with Gasteiger partial charge in [-0.05, 0) is 43.6 Å². The van der Waals surface area contributed by atoms with Crippen molar-refractivity contribution in [2.24, 2.45) is 17.8 Å². The van der Waals surface area contributed by atoms with Crippen LogP contribution < -0.4 is 10.6 Å². The van der Waals surface area contributed by atoms with Gasteiger partial charge in [0.2, 0.25) is 5.91 Å². The molecule has 1 heterocycles. The summed E-state index contributed by atoms with van der Waals surface area (Å²) in [5, 5.41) is 6.46. The number of nitrogens with one attached hydrogen (secondary N) is 2. The molecule has 0 radical (unpaired) electrons. The van der Waals surface area contributed by atoms with Gasteiger partial charge >= 0.3 is 0 Å². The molecule has 2 unspecified atom stereocenters. The fourth-order valence-corrected chi connectivity index (χ4v) is 3.45. The lowest BCUT2D eigenvalue weighted by atomic mass is 9.81. The first kappa shape index (κ1) is 14.8. The Bertz CT molecular complexity index is 284. The van der Waals surface area contributed by atoms with E-state index in [9.17, 15) is 4.79 Å². The lowest BCUT2D eigenvalue weighted by molar-refractivity contribution is -0.124. The second-order valence-electron chi connectivity index (χ2n) is 6.84. The van der Waals surface area contributed by atoms with Crippen molar-refractivity contribution in [3.8, 4) is 0 Å². The zero-order valence-electron chi connectivity index (χ0n) is 12.6. The molecule has 1 amide bonds. The Balaban J connectivity index is 1.61. The Morgan fingerprint density at radius 1 is 1.11 bits per heavy atom. The average molecular weight is 266 g/mol. The molecule has 0 aromatic heterocycles. The summed E-state index contributed by atoms with van der Waals surface area (Å²) in [6.45, 7) is 6.45. The molecule has 1 saturated heterocycles. The van der Waals surface area contributed by atoms with E-state index in [1.807, 2.05) is 0 Å². The fourth-order valence-electron chi connectivity index (χ4n) is 3.45. The van der Waals surface area contributed by atoms with Crippen molar-refractivity contribution in [2.45, 2.75) is 64.8 Å². The molecule has 2 aliphatic rings. The molecule has 1 aliphatic heterocycles. The normalized spacial score (nSPS) is 35.9. The molecule has 3 nitrogen and oxygen atoms in total. The molecule has 1 saturated carbocycles. The second kappa shape index (κ2) is 7.28. The Morgan fingerprint density at radius 2 is 1.84 bits per heavy atom. The Labute approximate surface area is 117 Å². The molecule has 19 heavy (non-hydrogen) atoms. The van der Waals surface area contributed by atoms with E-state index < -0.39 is 0 Å². The molecule has 0 bridgehead atoms. The summed E-state index contributed by atoms with van der Waals surface area (Å²) in [7, 11) is 0. The van der Waals surface area contributed by atoms with Gasteiger partial charge in [-0.2, -0.15) is 0 Å². The summed E-state index contributed by atoms with van der Waals surface area (Å²) in [6, 6.07) is 0.0510. The van der Waals surface area contributed by atoms with E-state index in [0.717, 1.165) is 31.3 Å². The lowest BCUT2D eigenvalue weighted by Crippen LogP contribution is -2.48. The van der Waals surface area contributed by atoms with Crippen LogP contribution in [0, 0.1) is 17.8 Å².